The fraction of sp³-hybridized carbons (Fsp3) is 0.158. The van der Waals surface area contributed by atoms with E-state index in [1.807, 2.05) is 42.5 Å². The third-order valence-corrected chi connectivity index (χ3v) is 4.85. The Morgan fingerprint density at radius 1 is 1.04 bits per heavy atom. The molecule has 0 unspecified atom stereocenters. The summed E-state index contributed by atoms with van der Waals surface area (Å²) in [6.07, 6.45) is 0. The maximum Gasteiger partial charge on any atom is 0.276 e. The average Bonchev–Trinajstić information content (AvgIpc) is 3.12. The van der Waals surface area contributed by atoms with Crippen molar-refractivity contribution >= 4 is 22.8 Å². The Morgan fingerprint density at radius 3 is 2.65 bits per heavy atom. The van der Waals surface area contributed by atoms with Crippen LogP contribution >= 0.6 is 11.8 Å². The zero-order valence-electron chi connectivity index (χ0n) is 14.1. The van der Waals surface area contributed by atoms with E-state index in [4.69, 9.17) is 4.42 Å². The number of hydrogen-bond donors (Lipinski definition) is 0. The molecule has 4 aromatic rings. The van der Waals surface area contributed by atoms with E-state index in [-0.39, 0.29) is 12.1 Å². The van der Waals surface area contributed by atoms with E-state index in [9.17, 15) is 4.79 Å². The Morgan fingerprint density at radius 2 is 1.81 bits per heavy atom. The van der Waals surface area contributed by atoms with Crippen molar-refractivity contribution in [1.82, 2.24) is 19.7 Å². The SMILES string of the molecule is Cc1nc2ccccc2n(Cc2nnc(SCc3ccccc3)o2)c1=O. The number of aryl methyl sites for hydroxylation is 1. The van der Waals surface area contributed by atoms with Crippen LogP contribution in [-0.4, -0.2) is 19.7 Å². The van der Waals surface area contributed by atoms with E-state index < -0.39 is 0 Å². The molecule has 0 aliphatic heterocycles. The van der Waals surface area contributed by atoms with Crippen molar-refractivity contribution in [1.29, 1.82) is 0 Å². The summed E-state index contributed by atoms with van der Waals surface area (Å²) in [6, 6.07) is 17.6. The number of para-hydroxylation sites is 2. The van der Waals surface area contributed by atoms with Crippen LogP contribution in [0.5, 0.6) is 0 Å². The molecule has 0 bridgehead atoms. The number of thioether (sulfide) groups is 1. The van der Waals surface area contributed by atoms with Gasteiger partial charge in [-0.1, -0.05) is 54.2 Å². The largest absolute Gasteiger partial charge is 0.414 e. The van der Waals surface area contributed by atoms with Crippen molar-refractivity contribution in [2.45, 2.75) is 24.4 Å². The monoisotopic (exact) mass is 364 g/mol. The van der Waals surface area contributed by atoms with Crippen LogP contribution < -0.4 is 5.56 Å². The highest BCUT2D eigenvalue weighted by Gasteiger charge is 2.12. The summed E-state index contributed by atoms with van der Waals surface area (Å²) in [5.41, 5.74) is 2.99. The summed E-state index contributed by atoms with van der Waals surface area (Å²) in [4.78, 5) is 16.9. The molecule has 2 aromatic heterocycles. The van der Waals surface area contributed by atoms with E-state index in [0.717, 1.165) is 16.8 Å². The molecule has 6 nitrogen and oxygen atoms in total. The molecule has 130 valence electrons. The predicted octanol–water partition coefficient (Wildman–Crippen LogP) is 3.43. The second kappa shape index (κ2) is 7.13. The van der Waals surface area contributed by atoms with Crippen LogP contribution in [0.1, 0.15) is 17.1 Å². The molecule has 0 fully saturated rings. The summed E-state index contributed by atoms with van der Waals surface area (Å²) in [7, 11) is 0. The third kappa shape index (κ3) is 3.39. The first kappa shape index (κ1) is 16.5. The van der Waals surface area contributed by atoms with Gasteiger partial charge in [-0.15, -0.1) is 10.2 Å². The van der Waals surface area contributed by atoms with Gasteiger partial charge < -0.3 is 4.42 Å². The van der Waals surface area contributed by atoms with E-state index >= 15 is 0 Å². The van der Waals surface area contributed by atoms with Crippen molar-refractivity contribution in [2.75, 3.05) is 0 Å². The molecule has 0 atom stereocenters. The lowest BCUT2D eigenvalue weighted by molar-refractivity contribution is 0.404. The van der Waals surface area contributed by atoms with Crippen molar-refractivity contribution in [3.05, 3.63) is 82.1 Å². The minimum absolute atomic E-state index is 0.152. The minimum atomic E-state index is -0.152. The fourth-order valence-corrected chi connectivity index (χ4v) is 3.43. The van der Waals surface area contributed by atoms with Crippen LogP contribution in [0.2, 0.25) is 0 Å². The molecule has 0 aliphatic carbocycles. The molecule has 0 saturated carbocycles. The van der Waals surface area contributed by atoms with Crippen molar-refractivity contribution in [3.8, 4) is 0 Å². The standard InChI is InChI=1S/C19H16N4O2S/c1-13-18(24)23(16-10-6-5-9-15(16)20-13)11-17-21-22-19(25-17)26-12-14-7-3-2-4-8-14/h2-10H,11-12H2,1H3. The molecule has 0 N–H and O–H groups in total. The lowest BCUT2D eigenvalue weighted by Gasteiger charge is -2.08. The first-order chi connectivity index (χ1) is 12.7. The van der Waals surface area contributed by atoms with Gasteiger partial charge in [0.05, 0.1) is 11.0 Å². The maximum absolute atomic E-state index is 12.5. The Balaban J connectivity index is 1.57. The third-order valence-electron chi connectivity index (χ3n) is 3.96. The van der Waals surface area contributed by atoms with Gasteiger partial charge in [0.2, 0.25) is 5.89 Å². The van der Waals surface area contributed by atoms with Gasteiger partial charge in [-0.25, -0.2) is 4.98 Å². The molecule has 2 heterocycles. The summed E-state index contributed by atoms with van der Waals surface area (Å²) < 4.78 is 7.34. The topological polar surface area (TPSA) is 73.8 Å². The summed E-state index contributed by atoms with van der Waals surface area (Å²) >= 11 is 1.48. The smallest absolute Gasteiger partial charge is 0.276 e. The second-order valence-electron chi connectivity index (χ2n) is 5.81. The van der Waals surface area contributed by atoms with Crippen LogP contribution in [0.15, 0.2) is 69.0 Å². The van der Waals surface area contributed by atoms with Crippen molar-refractivity contribution in [3.63, 3.8) is 0 Å². The number of fused-ring (bicyclic) bond motifs is 1. The molecule has 2 aromatic carbocycles. The molecule has 0 amide bonds. The zero-order valence-corrected chi connectivity index (χ0v) is 14.9. The molecule has 7 heteroatoms. The first-order valence-corrected chi connectivity index (χ1v) is 9.14. The second-order valence-corrected chi connectivity index (χ2v) is 6.74. The molecule has 26 heavy (non-hydrogen) atoms. The van der Waals surface area contributed by atoms with E-state index in [1.165, 1.54) is 17.3 Å². The maximum atomic E-state index is 12.5. The average molecular weight is 364 g/mol. The van der Waals surface area contributed by atoms with Gasteiger partial charge in [0.25, 0.3) is 10.8 Å². The van der Waals surface area contributed by atoms with Crippen LogP contribution in [-0.2, 0) is 12.3 Å². The number of benzene rings is 2. The van der Waals surface area contributed by atoms with Gasteiger partial charge in [0, 0.05) is 5.75 Å². The summed E-state index contributed by atoms with van der Waals surface area (Å²) in [6.45, 7) is 1.93. The lowest BCUT2D eigenvalue weighted by Crippen LogP contribution is -2.24. The quantitative estimate of drug-likeness (QED) is 0.505. The highest BCUT2D eigenvalue weighted by molar-refractivity contribution is 7.98. The van der Waals surface area contributed by atoms with Gasteiger partial charge >= 0.3 is 0 Å². The van der Waals surface area contributed by atoms with Crippen LogP contribution in [0.25, 0.3) is 11.0 Å². The van der Waals surface area contributed by atoms with Crippen LogP contribution in [0, 0.1) is 6.92 Å². The normalized spacial score (nSPS) is 11.1. The summed E-state index contributed by atoms with van der Waals surface area (Å²) in [5.74, 6) is 1.15. The van der Waals surface area contributed by atoms with Gasteiger partial charge in [-0.2, -0.15) is 0 Å². The number of hydrogen-bond acceptors (Lipinski definition) is 6. The molecular weight excluding hydrogens is 348 g/mol. The number of rotatable bonds is 5. The van der Waals surface area contributed by atoms with Gasteiger partial charge in [-0.05, 0) is 24.6 Å². The Bertz CT molecular complexity index is 1110. The van der Waals surface area contributed by atoms with Gasteiger partial charge in [-0.3, -0.25) is 9.36 Å². The van der Waals surface area contributed by atoms with Crippen LogP contribution in [0.3, 0.4) is 0 Å². The molecule has 0 radical (unpaired) electrons. The van der Waals surface area contributed by atoms with E-state index in [1.54, 1.807) is 11.5 Å². The lowest BCUT2D eigenvalue weighted by atomic mass is 10.2. The van der Waals surface area contributed by atoms with E-state index in [2.05, 4.69) is 27.3 Å². The highest BCUT2D eigenvalue weighted by Crippen LogP contribution is 2.21. The van der Waals surface area contributed by atoms with Crippen molar-refractivity contribution in [2.24, 2.45) is 0 Å². The molecular formula is C19H16N4O2S. The predicted molar refractivity (Wildman–Crippen MR) is 100 cm³/mol. The zero-order chi connectivity index (χ0) is 17.9. The fourth-order valence-electron chi connectivity index (χ4n) is 2.69. The van der Waals surface area contributed by atoms with Gasteiger partial charge in [0.15, 0.2) is 0 Å². The van der Waals surface area contributed by atoms with Gasteiger partial charge in [0.1, 0.15) is 12.2 Å². The molecule has 0 spiro atoms. The van der Waals surface area contributed by atoms with E-state index in [0.29, 0.717) is 16.8 Å². The molecule has 4 rings (SSSR count). The number of nitrogens with zero attached hydrogens (tertiary/aromatic N) is 4. The minimum Gasteiger partial charge on any atom is -0.414 e. The van der Waals surface area contributed by atoms with Crippen LogP contribution in [0.4, 0.5) is 0 Å². The Hall–Kier alpha value is -2.93. The number of aromatic nitrogens is 4. The Labute approximate surface area is 153 Å². The van der Waals surface area contributed by atoms with Crippen molar-refractivity contribution < 1.29 is 4.42 Å². The molecule has 0 saturated heterocycles. The highest BCUT2D eigenvalue weighted by atomic mass is 32.2. The Kier molecular flexibility index (Phi) is 4.53. The first-order valence-electron chi connectivity index (χ1n) is 8.16. The summed E-state index contributed by atoms with van der Waals surface area (Å²) in [5, 5.41) is 8.65. The molecule has 0 aliphatic rings.